The van der Waals surface area contributed by atoms with Gasteiger partial charge < -0.3 is 9.73 Å². The van der Waals surface area contributed by atoms with Gasteiger partial charge in [-0.1, -0.05) is 25.4 Å². The number of anilines is 1. The maximum Gasteiger partial charge on any atom is 0.291 e. The van der Waals surface area contributed by atoms with Crippen molar-refractivity contribution in [3.63, 3.8) is 0 Å². The van der Waals surface area contributed by atoms with Crippen molar-refractivity contribution in [2.75, 3.05) is 18.4 Å². The van der Waals surface area contributed by atoms with E-state index in [2.05, 4.69) is 5.32 Å². The lowest BCUT2D eigenvalue weighted by molar-refractivity contribution is 0.0996. The first-order valence-corrected chi connectivity index (χ1v) is 9.28. The van der Waals surface area contributed by atoms with Gasteiger partial charge in [-0.2, -0.15) is 4.31 Å². The first-order chi connectivity index (χ1) is 11.3. The van der Waals surface area contributed by atoms with Crippen molar-refractivity contribution in [3.8, 4) is 0 Å². The van der Waals surface area contributed by atoms with Gasteiger partial charge in [-0.3, -0.25) is 4.79 Å². The summed E-state index contributed by atoms with van der Waals surface area (Å²) in [5.74, 6) is -0.274. The highest BCUT2D eigenvalue weighted by Gasteiger charge is 2.25. The monoisotopic (exact) mass is 370 g/mol. The van der Waals surface area contributed by atoms with Gasteiger partial charge in [-0.25, -0.2) is 8.42 Å². The van der Waals surface area contributed by atoms with E-state index in [4.69, 9.17) is 16.0 Å². The van der Waals surface area contributed by atoms with Gasteiger partial charge >= 0.3 is 0 Å². The molecule has 0 radical (unpaired) electrons. The molecule has 0 spiro atoms. The van der Waals surface area contributed by atoms with E-state index in [1.807, 2.05) is 0 Å². The number of carbonyl (C=O) groups is 1. The Labute approximate surface area is 146 Å². The van der Waals surface area contributed by atoms with Crippen LogP contribution in [0.5, 0.6) is 0 Å². The van der Waals surface area contributed by atoms with Crippen molar-refractivity contribution in [2.24, 2.45) is 0 Å². The second-order valence-corrected chi connectivity index (χ2v) is 7.43. The molecule has 0 atom stereocenters. The molecule has 2 aromatic rings. The summed E-state index contributed by atoms with van der Waals surface area (Å²) in [6.07, 6.45) is 1.42. The number of benzene rings is 1. The number of nitrogens with zero attached hydrogens (tertiary/aromatic N) is 1. The molecular weight excluding hydrogens is 352 g/mol. The summed E-state index contributed by atoms with van der Waals surface area (Å²) in [6.45, 7) is 5.91. The molecule has 24 heavy (non-hydrogen) atoms. The normalized spacial score (nSPS) is 11.7. The molecule has 0 fully saturated rings. The number of hydrogen-bond donors (Lipinski definition) is 1. The van der Waals surface area contributed by atoms with Crippen LogP contribution in [0.3, 0.4) is 0 Å². The third kappa shape index (κ3) is 3.63. The number of sulfonamides is 1. The predicted octanol–water partition coefficient (Wildman–Crippen LogP) is 3.52. The number of furan rings is 1. The zero-order valence-corrected chi connectivity index (χ0v) is 15.2. The summed E-state index contributed by atoms with van der Waals surface area (Å²) >= 11 is 6.06. The van der Waals surface area contributed by atoms with E-state index in [1.54, 1.807) is 32.9 Å². The van der Waals surface area contributed by atoms with Crippen LogP contribution in [-0.2, 0) is 10.0 Å². The Morgan fingerprint density at radius 3 is 2.46 bits per heavy atom. The molecule has 6 nitrogen and oxygen atoms in total. The van der Waals surface area contributed by atoms with E-state index >= 15 is 0 Å². The van der Waals surface area contributed by atoms with Gasteiger partial charge in [0.25, 0.3) is 5.91 Å². The van der Waals surface area contributed by atoms with Gasteiger partial charge in [0, 0.05) is 24.3 Å². The number of amides is 1. The highest BCUT2D eigenvalue weighted by molar-refractivity contribution is 7.89. The molecule has 0 saturated carbocycles. The van der Waals surface area contributed by atoms with Crippen LogP contribution in [0.15, 0.2) is 39.8 Å². The molecule has 8 heteroatoms. The summed E-state index contributed by atoms with van der Waals surface area (Å²) in [5.41, 5.74) is 1.02. The van der Waals surface area contributed by atoms with Crippen molar-refractivity contribution in [1.29, 1.82) is 0 Å². The van der Waals surface area contributed by atoms with E-state index in [0.717, 1.165) is 0 Å². The first kappa shape index (κ1) is 18.5. The Morgan fingerprint density at radius 1 is 1.25 bits per heavy atom. The molecule has 0 saturated heterocycles. The first-order valence-electron chi connectivity index (χ1n) is 7.46. The minimum atomic E-state index is -3.73. The van der Waals surface area contributed by atoms with Gasteiger partial charge in [0.2, 0.25) is 10.0 Å². The second kappa shape index (κ2) is 7.38. The maximum absolute atomic E-state index is 12.6. The largest absolute Gasteiger partial charge is 0.459 e. The minimum absolute atomic E-state index is 0.0400. The molecule has 2 rings (SSSR count). The number of nitrogens with one attached hydrogen (secondary N) is 1. The SMILES string of the molecule is CCN(CC)S(=O)(=O)c1cc(NC(=O)c2occc2C)ccc1Cl. The molecule has 0 aliphatic carbocycles. The molecule has 0 aliphatic rings. The fraction of sp³-hybridized carbons (Fsp3) is 0.312. The zero-order valence-electron chi connectivity index (χ0n) is 13.7. The number of aryl methyl sites for hydroxylation is 1. The third-order valence-electron chi connectivity index (χ3n) is 3.58. The highest BCUT2D eigenvalue weighted by atomic mass is 35.5. The van der Waals surface area contributed by atoms with E-state index in [-0.39, 0.29) is 15.7 Å². The molecule has 1 N–H and O–H groups in total. The predicted molar refractivity (Wildman–Crippen MR) is 93.0 cm³/mol. The van der Waals surface area contributed by atoms with Crippen LogP contribution >= 0.6 is 11.6 Å². The molecule has 1 amide bonds. The zero-order chi connectivity index (χ0) is 17.9. The van der Waals surface area contributed by atoms with Crippen molar-refractivity contribution < 1.29 is 17.6 Å². The highest BCUT2D eigenvalue weighted by Crippen LogP contribution is 2.28. The van der Waals surface area contributed by atoms with Gasteiger partial charge in [0.15, 0.2) is 5.76 Å². The van der Waals surface area contributed by atoms with Crippen LogP contribution in [0, 0.1) is 6.92 Å². The van der Waals surface area contributed by atoms with Gasteiger partial charge in [-0.05, 0) is 31.2 Å². The summed E-state index contributed by atoms with van der Waals surface area (Å²) in [5, 5.41) is 2.73. The lowest BCUT2D eigenvalue weighted by atomic mass is 10.2. The van der Waals surface area contributed by atoms with E-state index in [0.29, 0.717) is 24.3 Å². The third-order valence-corrected chi connectivity index (χ3v) is 6.11. The topological polar surface area (TPSA) is 79.6 Å². The number of carbonyl (C=O) groups excluding carboxylic acids is 1. The quantitative estimate of drug-likeness (QED) is 0.843. The summed E-state index contributed by atoms with van der Waals surface area (Å²) < 4.78 is 31.7. The van der Waals surface area contributed by atoms with Crippen LogP contribution in [0.4, 0.5) is 5.69 Å². The van der Waals surface area contributed by atoms with Crippen molar-refractivity contribution >= 4 is 33.2 Å². The Balaban J connectivity index is 2.36. The van der Waals surface area contributed by atoms with Crippen LogP contribution in [0.25, 0.3) is 0 Å². The molecule has 130 valence electrons. The van der Waals surface area contributed by atoms with Crippen molar-refractivity contribution in [1.82, 2.24) is 4.31 Å². The van der Waals surface area contributed by atoms with Crippen molar-refractivity contribution in [3.05, 3.63) is 46.9 Å². The lowest BCUT2D eigenvalue weighted by Crippen LogP contribution is -2.30. The average Bonchev–Trinajstić information content (AvgIpc) is 2.96. The molecule has 1 aromatic heterocycles. The molecule has 1 aromatic carbocycles. The number of rotatable bonds is 6. The summed E-state index contributed by atoms with van der Waals surface area (Å²) in [4.78, 5) is 12.2. The molecule has 1 heterocycles. The van der Waals surface area contributed by atoms with E-state index in [9.17, 15) is 13.2 Å². The van der Waals surface area contributed by atoms with E-state index < -0.39 is 15.9 Å². The van der Waals surface area contributed by atoms with Gasteiger partial charge in [-0.15, -0.1) is 0 Å². The van der Waals surface area contributed by atoms with Crippen LogP contribution in [0.1, 0.15) is 30.0 Å². The van der Waals surface area contributed by atoms with Crippen LogP contribution < -0.4 is 5.32 Å². The molecule has 0 aliphatic heterocycles. The number of hydrogen-bond acceptors (Lipinski definition) is 4. The molecular formula is C16H19ClN2O4S. The fourth-order valence-corrected chi connectivity index (χ4v) is 4.23. The lowest BCUT2D eigenvalue weighted by Gasteiger charge is -2.19. The fourth-order valence-electron chi connectivity index (χ4n) is 2.27. The van der Waals surface area contributed by atoms with Crippen LogP contribution in [-0.4, -0.2) is 31.7 Å². The molecule has 0 unspecified atom stereocenters. The molecule has 0 bridgehead atoms. The standard InChI is InChI=1S/C16H19ClN2O4S/c1-4-19(5-2)24(21,22)14-10-12(6-7-13(14)17)18-16(20)15-11(3)8-9-23-15/h6-10H,4-5H2,1-3H3,(H,18,20). The van der Waals surface area contributed by atoms with Gasteiger partial charge in [0.1, 0.15) is 4.90 Å². The Kier molecular flexibility index (Phi) is 5.69. The summed E-state index contributed by atoms with van der Waals surface area (Å²) in [6, 6.07) is 6.02. The smallest absolute Gasteiger partial charge is 0.291 e. The summed E-state index contributed by atoms with van der Waals surface area (Å²) in [7, 11) is -3.73. The maximum atomic E-state index is 12.6. The Morgan fingerprint density at radius 2 is 1.92 bits per heavy atom. The van der Waals surface area contributed by atoms with Crippen molar-refractivity contribution in [2.45, 2.75) is 25.7 Å². The van der Waals surface area contributed by atoms with Gasteiger partial charge in [0.05, 0.1) is 11.3 Å². The Bertz CT molecular complexity index is 842. The average molecular weight is 371 g/mol. The van der Waals surface area contributed by atoms with Crippen LogP contribution in [0.2, 0.25) is 5.02 Å². The van der Waals surface area contributed by atoms with E-state index in [1.165, 1.54) is 22.7 Å². The Hall–Kier alpha value is -1.83. The number of halogens is 1. The minimum Gasteiger partial charge on any atom is -0.459 e. The second-order valence-electron chi connectivity index (χ2n) is 5.12.